The Morgan fingerprint density at radius 3 is 2.47 bits per heavy atom. The molecule has 2 heterocycles. The zero-order valence-electron chi connectivity index (χ0n) is 25.6. The van der Waals surface area contributed by atoms with Crippen molar-refractivity contribution in [3.63, 3.8) is 0 Å². The molecule has 9 heteroatoms. The average molecular weight is 621 g/mol. The SMILES string of the molecule is O=C(O)c1ccc(-c2cccc3ccccc23)c(COc2ccc(-c3nc4cc(-c5nn[nH]n5)ccc4n3C3CCCCC3)cc2)c1. The highest BCUT2D eigenvalue weighted by Crippen LogP contribution is 2.38. The third-order valence-corrected chi connectivity index (χ3v) is 9.17. The molecule has 1 saturated carbocycles. The van der Waals surface area contributed by atoms with Gasteiger partial charge < -0.3 is 14.4 Å². The van der Waals surface area contributed by atoms with E-state index in [1.807, 2.05) is 48.5 Å². The van der Waals surface area contributed by atoms with Gasteiger partial charge in [0.15, 0.2) is 0 Å². The van der Waals surface area contributed by atoms with Crippen molar-refractivity contribution in [3.05, 3.63) is 114 Å². The van der Waals surface area contributed by atoms with Crippen molar-refractivity contribution in [2.45, 2.75) is 44.8 Å². The van der Waals surface area contributed by atoms with Crippen LogP contribution in [0.25, 0.3) is 55.7 Å². The Hall–Kier alpha value is -5.83. The van der Waals surface area contributed by atoms with Gasteiger partial charge in [-0.15, -0.1) is 10.2 Å². The van der Waals surface area contributed by atoms with Gasteiger partial charge in [-0.1, -0.05) is 67.8 Å². The summed E-state index contributed by atoms with van der Waals surface area (Å²) < 4.78 is 8.71. The Morgan fingerprint density at radius 2 is 1.66 bits per heavy atom. The predicted octanol–water partition coefficient (Wildman–Crippen LogP) is 8.49. The van der Waals surface area contributed by atoms with Gasteiger partial charge in [-0.2, -0.15) is 5.21 Å². The largest absolute Gasteiger partial charge is 0.489 e. The van der Waals surface area contributed by atoms with Crippen LogP contribution in [0, 0.1) is 0 Å². The second kappa shape index (κ2) is 12.2. The Balaban J connectivity index is 1.11. The number of fused-ring (bicyclic) bond motifs is 2. The predicted molar refractivity (Wildman–Crippen MR) is 181 cm³/mol. The molecular weight excluding hydrogens is 588 g/mol. The first-order chi connectivity index (χ1) is 23.1. The molecule has 9 nitrogen and oxygen atoms in total. The van der Waals surface area contributed by atoms with Crippen LogP contribution in [0.3, 0.4) is 0 Å². The molecular formula is C38H32N6O3. The van der Waals surface area contributed by atoms with Crippen molar-refractivity contribution >= 4 is 27.8 Å². The summed E-state index contributed by atoms with van der Waals surface area (Å²) in [6, 6.07) is 34.2. The van der Waals surface area contributed by atoms with Gasteiger partial charge in [0.25, 0.3) is 0 Å². The molecule has 7 aromatic rings. The van der Waals surface area contributed by atoms with E-state index in [4.69, 9.17) is 9.72 Å². The molecule has 0 spiro atoms. The van der Waals surface area contributed by atoms with Crippen LogP contribution in [-0.4, -0.2) is 41.3 Å². The highest BCUT2D eigenvalue weighted by atomic mass is 16.5. The van der Waals surface area contributed by atoms with Crippen LogP contribution >= 0.6 is 0 Å². The van der Waals surface area contributed by atoms with E-state index in [0.717, 1.165) is 68.3 Å². The minimum atomic E-state index is -0.967. The summed E-state index contributed by atoms with van der Waals surface area (Å²) in [4.78, 5) is 17.0. The zero-order chi connectivity index (χ0) is 31.7. The summed E-state index contributed by atoms with van der Waals surface area (Å²) in [6.07, 6.45) is 5.94. The molecule has 5 aromatic carbocycles. The quantitative estimate of drug-likeness (QED) is 0.175. The lowest BCUT2D eigenvalue weighted by Gasteiger charge is -2.25. The summed E-state index contributed by atoms with van der Waals surface area (Å²) in [6.45, 7) is 0.221. The van der Waals surface area contributed by atoms with Crippen LogP contribution < -0.4 is 4.74 Å². The summed E-state index contributed by atoms with van der Waals surface area (Å²) in [7, 11) is 0. The summed E-state index contributed by atoms with van der Waals surface area (Å²) in [5.74, 6) is 1.19. The van der Waals surface area contributed by atoms with Crippen molar-refractivity contribution in [2.75, 3.05) is 0 Å². The number of rotatable bonds is 8. The van der Waals surface area contributed by atoms with E-state index in [1.54, 1.807) is 12.1 Å². The number of H-pyrrole nitrogens is 1. The van der Waals surface area contributed by atoms with Crippen molar-refractivity contribution in [2.24, 2.45) is 0 Å². The van der Waals surface area contributed by atoms with Crippen molar-refractivity contribution in [3.8, 4) is 39.7 Å². The van der Waals surface area contributed by atoms with Crippen LogP contribution in [0.2, 0.25) is 0 Å². The lowest BCUT2D eigenvalue weighted by molar-refractivity contribution is 0.0696. The monoisotopic (exact) mass is 620 g/mol. The highest BCUT2D eigenvalue weighted by molar-refractivity contribution is 5.98. The molecule has 0 radical (unpaired) electrons. The number of aromatic nitrogens is 6. The van der Waals surface area contributed by atoms with Crippen molar-refractivity contribution in [1.82, 2.24) is 30.2 Å². The fourth-order valence-electron chi connectivity index (χ4n) is 6.86. The normalized spacial score (nSPS) is 13.7. The number of carboxylic acid groups (broad SMARTS) is 1. The number of benzene rings is 5. The standard InChI is InChI=1S/C38H32N6O3/c45-38(46)27-15-19-32(33-12-6-8-24-7-4-5-11-31(24)33)28(21-27)23-47-30-17-13-25(14-18-30)37-39-34-22-26(36-40-42-43-41-36)16-20-35(34)44(37)29-9-2-1-3-10-29/h4-8,11-22,29H,1-3,9-10,23H2,(H,45,46)(H,40,41,42,43). The number of imidazole rings is 1. The molecule has 47 heavy (non-hydrogen) atoms. The molecule has 0 saturated heterocycles. The molecule has 2 aromatic heterocycles. The van der Waals surface area contributed by atoms with Crippen LogP contribution in [0.15, 0.2) is 103 Å². The minimum Gasteiger partial charge on any atom is -0.489 e. The van der Waals surface area contributed by atoms with Gasteiger partial charge in [0.1, 0.15) is 18.2 Å². The summed E-state index contributed by atoms with van der Waals surface area (Å²) in [5.41, 5.74) is 6.89. The number of aromatic amines is 1. The number of nitrogens with zero attached hydrogens (tertiary/aromatic N) is 5. The number of ether oxygens (including phenoxy) is 1. The Labute approximate surface area is 270 Å². The molecule has 8 rings (SSSR count). The Bertz CT molecular complexity index is 2210. The van der Waals surface area contributed by atoms with Gasteiger partial charge in [0.05, 0.1) is 16.6 Å². The topological polar surface area (TPSA) is 119 Å². The molecule has 0 bridgehead atoms. The molecule has 2 N–H and O–H groups in total. The van der Waals surface area contributed by atoms with Gasteiger partial charge in [-0.3, -0.25) is 0 Å². The third kappa shape index (κ3) is 5.50. The molecule has 1 aliphatic carbocycles. The maximum Gasteiger partial charge on any atom is 0.335 e. The lowest BCUT2D eigenvalue weighted by atomic mass is 9.93. The molecule has 0 atom stereocenters. The Morgan fingerprint density at radius 1 is 0.851 bits per heavy atom. The lowest BCUT2D eigenvalue weighted by Crippen LogP contribution is -2.14. The van der Waals surface area contributed by atoms with Crippen molar-refractivity contribution in [1.29, 1.82) is 0 Å². The second-order valence-electron chi connectivity index (χ2n) is 12.1. The molecule has 232 valence electrons. The number of tetrazole rings is 1. The first-order valence-corrected chi connectivity index (χ1v) is 16.0. The second-order valence-corrected chi connectivity index (χ2v) is 12.1. The fourth-order valence-corrected chi connectivity index (χ4v) is 6.86. The van der Waals surface area contributed by atoms with Gasteiger partial charge in [-0.25, -0.2) is 9.78 Å². The fraction of sp³-hybridized carbons (Fsp3) is 0.184. The van der Waals surface area contributed by atoms with Gasteiger partial charge >= 0.3 is 5.97 Å². The van der Waals surface area contributed by atoms with E-state index in [2.05, 4.69) is 67.7 Å². The molecule has 0 aliphatic heterocycles. The van der Waals surface area contributed by atoms with Gasteiger partial charge in [0, 0.05) is 17.2 Å². The molecule has 0 amide bonds. The smallest absolute Gasteiger partial charge is 0.335 e. The summed E-state index contributed by atoms with van der Waals surface area (Å²) in [5, 5.41) is 26.5. The molecule has 1 aliphatic rings. The van der Waals surface area contributed by atoms with E-state index in [-0.39, 0.29) is 12.2 Å². The zero-order valence-corrected chi connectivity index (χ0v) is 25.6. The van der Waals surface area contributed by atoms with E-state index in [0.29, 0.717) is 17.6 Å². The number of aromatic carboxylic acids is 1. The van der Waals surface area contributed by atoms with E-state index in [9.17, 15) is 9.90 Å². The van der Waals surface area contributed by atoms with Gasteiger partial charge in [-0.05, 0) is 100 Å². The van der Waals surface area contributed by atoms with Crippen LogP contribution in [0.5, 0.6) is 5.75 Å². The van der Waals surface area contributed by atoms with Crippen molar-refractivity contribution < 1.29 is 14.6 Å². The van der Waals surface area contributed by atoms with Gasteiger partial charge in [0.2, 0.25) is 5.82 Å². The first kappa shape index (κ1) is 28.6. The summed E-state index contributed by atoms with van der Waals surface area (Å²) >= 11 is 0. The van der Waals surface area contributed by atoms with E-state index in [1.165, 1.54) is 19.3 Å². The molecule has 1 fully saturated rings. The third-order valence-electron chi connectivity index (χ3n) is 9.17. The maximum atomic E-state index is 11.9. The van der Waals surface area contributed by atoms with E-state index < -0.39 is 5.97 Å². The first-order valence-electron chi connectivity index (χ1n) is 16.0. The van der Waals surface area contributed by atoms with Crippen LogP contribution in [0.1, 0.15) is 54.1 Å². The highest BCUT2D eigenvalue weighted by Gasteiger charge is 2.23. The number of carbonyl (C=O) groups is 1. The van der Waals surface area contributed by atoms with Crippen LogP contribution in [-0.2, 0) is 6.61 Å². The number of carboxylic acids is 1. The average Bonchev–Trinajstić information content (AvgIpc) is 3.80. The number of nitrogens with one attached hydrogen (secondary N) is 1. The number of hydrogen-bond acceptors (Lipinski definition) is 6. The maximum absolute atomic E-state index is 11.9. The Kier molecular flexibility index (Phi) is 7.41. The number of hydrogen-bond donors (Lipinski definition) is 2. The molecule has 0 unspecified atom stereocenters. The van der Waals surface area contributed by atoms with Crippen LogP contribution in [0.4, 0.5) is 0 Å². The minimum absolute atomic E-state index is 0.221. The van der Waals surface area contributed by atoms with E-state index >= 15 is 0 Å².